The van der Waals surface area contributed by atoms with E-state index in [4.69, 9.17) is 18.9 Å². The van der Waals surface area contributed by atoms with Gasteiger partial charge in [0, 0.05) is 29.0 Å². The standard InChI is InChI=1S/C20H26O5/c1-11(21)18-20-7-5-4-6-19(20)10-13-12(8-16(19)24-18)14(22-2)9-15(23-3)17(13)25-20/h9,11,16,18,21H,4-8,10H2,1-3H3/t11-,16?,18-,19-,20+/m0/s1. The van der Waals surface area contributed by atoms with Gasteiger partial charge in [0.1, 0.15) is 17.5 Å². The van der Waals surface area contributed by atoms with Crippen molar-refractivity contribution in [1.82, 2.24) is 0 Å². The highest BCUT2D eigenvalue weighted by molar-refractivity contribution is 5.61. The molecule has 1 aromatic rings. The van der Waals surface area contributed by atoms with Gasteiger partial charge in [0.15, 0.2) is 11.5 Å². The molecule has 1 unspecified atom stereocenters. The minimum Gasteiger partial charge on any atom is -0.496 e. The zero-order valence-corrected chi connectivity index (χ0v) is 15.1. The van der Waals surface area contributed by atoms with Crippen molar-refractivity contribution in [2.75, 3.05) is 14.2 Å². The molecule has 0 radical (unpaired) electrons. The Morgan fingerprint density at radius 3 is 2.64 bits per heavy atom. The van der Waals surface area contributed by atoms with Crippen LogP contribution in [-0.2, 0) is 17.6 Å². The molecule has 5 nitrogen and oxygen atoms in total. The van der Waals surface area contributed by atoms with Crippen molar-refractivity contribution in [3.05, 3.63) is 17.2 Å². The number of hydrogen-bond acceptors (Lipinski definition) is 5. The number of benzene rings is 1. The molecule has 2 fully saturated rings. The van der Waals surface area contributed by atoms with Gasteiger partial charge in [0.05, 0.1) is 26.4 Å². The maximum absolute atomic E-state index is 10.5. The molecule has 2 aliphatic carbocycles. The predicted octanol–water partition coefficient (Wildman–Crippen LogP) is 2.64. The van der Waals surface area contributed by atoms with Crippen molar-refractivity contribution in [2.45, 2.75) is 69.4 Å². The van der Waals surface area contributed by atoms with E-state index in [0.29, 0.717) is 0 Å². The Balaban J connectivity index is 1.77. The van der Waals surface area contributed by atoms with E-state index in [0.717, 1.165) is 49.4 Å². The second kappa shape index (κ2) is 5.04. The van der Waals surface area contributed by atoms with Crippen molar-refractivity contribution in [2.24, 2.45) is 5.41 Å². The summed E-state index contributed by atoms with van der Waals surface area (Å²) in [6.07, 6.45) is 5.32. The molecule has 5 heteroatoms. The molecule has 1 spiro atoms. The fraction of sp³-hybridized carbons (Fsp3) is 0.700. The van der Waals surface area contributed by atoms with Crippen LogP contribution in [0.2, 0.25) is 0 Å². The number of rotatable bonds is 3. The fourth-order valence-corrected chi connectivity index (χ4v) is 6.12. The average molecular weight is 346 g/mol. The van der Waals surface area contributed by atoms with Crippen molar-refractivity contribution in [3.63, 3.8) is 0 Å². The van der Waals surface area contributed by atoms with E-state index < -0.39 is 11.7 Å². The van der Waals surface area contributed by atoms with Gasteiger partial charge in [-0.3, -0.25) is 0 Å². The summed E-state index contributed by atoms with van der Waals surface area (Å²) in [5.41, 5.74) is 1.92. The third kappa shape index (κ3) is 1.71. The molecule has 5 rings (SSSR count). The summed E-state index contributed by atoms with van der Waals surface area (Å²) in [7, 11) is 3.37. The van der Waals surface area contributed by atoms with Gasteiger partial charge >= 0.3 is 0 Å². The molecule has 25 heavy (non-hydrogen) atoms. The Kier molecular flexibility index (Phi) is 3.18. The van der Waals surface area contributed by atoms with Crippen LogP contribution in [0.15, 0.2) is 6.07 Å². The molecule has 2 bridgehead atoms. The SMILES string of the molecule is COc1cc(OC)c2c3c1CC1O[C@@H]([C@H](C)O)[C@@]4(CCCC[C@]14C3)O2. The van der Waals surface area contributed by atoms with E-state index in [-0.39, 0.29) is 17.6 Å². The smallest absolute Gasteiger partial charge is 0.165 e. The first-order valence-electron chi connectivity index (χ1n) is 9.35. The molecule has 1 saturated carbocycles. The number of aliphatic hydroxyl groups is 1. The molecule has 0 aromatic heterocycles. The van der Waals surface area contributed by atoms with Crippen molar-refractivity contribution in [1.29, 1.82) is 0 Å². The zero-order chi connectivity index (χ0) is 17.4. The molecular weight excluding hydrogens is 320 g/mol. The quantitative estimate of drug-likeness (QED) is 0.912. The number of hydrogen-bond donors (Lipinski definition) is 1. The fourth-order valence-electron chi connectivity index (χ4n) is 6.12. The third-order valence-electron chi connectivity index (χ3n) is 7.12. The van der Waals surface area contributed by atoms with Crippen molar-refractivity contribution >= 4 is 0 Å². The van der Waals surface area contributed by atoms with Gasteiger partial charge in [-0.05, 0) is 32.6 Å². The highest BCUT2D eigenvalue weighted by atomic mass is 16.6. The molecule has 136 valence electrons. The van der Waals surface area contributed by atoms with Gasteiger partial charge < -0.3 is 24.1 Å². The van der Waals surface area contributed by atoms with E-state index in [1.54, 1.807) is 14.2 Å². The molecule has 0 amide bonds. The van der Waals surface area contributed by atoms with Gasteiger partial charge in [-0.1, -0.05) is 6.42 Å². The average Bonchev–Trinajstić information content (AvgIpc) is 2.94. The van der Waals surface area contributed by atoms with Gasteiger partial charge in [-0.15, -0.1) is 0 Å². The molecule has 2 aliphatic heterocycles. The summed E-state index contributed by atoms with van der Waals surface area (Å²) in [5, 5.41) is 10.5. The summed E-state index contributed by atoms with van der Waals surface area (Å²) >= 11 is 0. The van der Waals surface area contributed by atoms with E-state index in [2.05, 4.69) is 0 Å². The number of aliphatic hydroxyl groups excluding tert-OH is 1. The van der Waals surface area contributed by atoms with Crippen molar-refractivity contribution < 1.29 is 24.1 Å². The van der Waals surface area contributed by atoms with Crippen LogP contribution < -0.4 is 14.2 Å². The van der Waals surface area contributed by atoms with Crippen LogP contribution in [0.1, 0.15) is 43.7 Å². The maximum Gasteiger partial charge on any atom is 0.165 e. The molecular formula is C20H26O5. The van der Waals surface area contributed by atoms with E-state index >= 15 is 0 Å². The summed E-state index contributed by atoms with van der Waals surface area (Å²) in [5.74, 6) is 2.41. The minimum absolute atomic E-state index is 0.0374. The Labute approximate surface area is 148 Å². The Hall–Kier alpha value is -1.46. The number of ether oxygens (including phenoxy) is 4. The van der Waals surface area contributed by atoms with Crippen LogP contribution in [-0.4, -0.2) is 43.2 Å². The van der Waals surface area contributed by atoms with Gasteiger partial charge in [-0.25, -0.2) is 0 Å². The molecule has 2 heterocycles. The highest BCUT2D eigenvalue weighted by Gasteiger charge is 2.72. The van der Waals surface area contributed by atoms with Crippen molar-refractivity contribution in [3.8, 4) is 17.2 Å². The van der Waals surface area contributed by atoms with Gasteiger partial charge in [-0.2, -0.15) is 0 Å². The monoisotopic (exact) mass is 346 g/mol. The first-order chi connectivity index (χ1) is 12.1. The first-order valence-corrected chi connectivity index (χ1v) is 9.35. The normalized spacial score (nSPS) is 38.6. The molecule has 1 aromatic carbocycles. The van der Waals surface area contributed by atoms with Crippen LogP contribution in [0.5, 0.6) is 17.2 Å². The Morgan fingerprint density at radius 2 is 1.92 bits per heavy atom. The largest absolute Gasteiger partial charge is 0.496 e. The summed E-state index contributed by atoms with van der Waals surface area (Å²) in [6, 6.07) is 1.93. The van der Waals surface area contributed by atoms with E-state index in [1.165, 1.54) is 17.5 Å². The lowest BCUT2D eigenvalue weighted by atomic mass is 9.53. The van der Waals surface area contributed by atoms with Crippen LogP contribution in [0.25, 0.3) is 0 Å². The minimum atomic E-state index is -0.562. The molecule has 5 atom stereocenters. The zero-order valence-electron chi connectivity index (χ0n) is 15.1. The Morgan fingerprint density at radius 1 is 1.16 bits per heavy atom. The predicted molar refractivity (Wildman–Crippen MR) is 91.6 cm³/mol. The number of methoxy groups -OCH3 is 2. The lowest BCUT2D eigenvalue weighted by Crippen LogP contribution is -2.65. The molecule has 4 aliphatic rings. The second-order valence-corrected chi connectivity index (χ2v) is 8.09. The molecule has 1 saturated heterocycles. The lowest BCUT2D eigenvalue weighted by molar-refractivity contribution is -0.128. The van der Waals surface area contributed by atoms with Crippen LogP contribution >= 0.6 is 0 Å². The maximum atomic E-state index is 10.5. The third-order valence-corrected chi connectivity index (χ3v) is 7.12. The topological polar surface area (TPSA) is 57.2 Å². The second-order valence-electron chi connectivity index (χ2n) is 8.09. The van der Waals surface area contributed by atoms with E-state index in [9.17, 15) is 5.11 Å². The summed E-state index contributed by atoms with van der Waals surface area (Å²) in [4.78, 5) is 0. The Bertz CT molecular complexity index is 729. The van der Waals surface area contributed by atoms with E-state index in [1.807, 2.05) is 13.0 Å². The lowest BCUT2D eigenvalue weighted by Gasteiger charge is -2.56. The summed E-state index contributed by atoms with van der Waals surface area (Å²) < 4.78 is 24.6. The first kappa shape index (κ1) is 15.8. The summed E-state index contributed by atoms with van der Waals surface area (Å²) in [6.45, 7) is 1.82. The molecule has 1 N–H and O–H groups in total. The van der Waals surface area contributed by atoms with Crippen LogP contribution in [0.4, 0.5) is 0 Å². The van der Waals surface area contributed by atoms with Crippen LogP contribution in [0.3, 0.4) is 0 Å². The van der Waals surface area contributed by atoms with Gasteiger partial charge in [0.2, 0.25) is 0 Å². The van der Waals surface area contributed by atoms with Crippen LogP contribution in [0, 0.1) is 5.41 Å². The highest BCUT2D eigenvalue weighted by Crippen LogP contribution is 2.67. The van der Waals surface area contributed by atoms with Gasteiger partial charge in [0.25, 0.3) is 0 Å².